The molecule has 1 aromatic heterocycles. The van der Waals surface area contributed by atoms with Gasteiger partial charge in [0.25, 0.3) is 0 Å². The van der Waals surface area contributed by atoms with E-state index >= 15 is 0 Å². The SMILES string of the molecule is Nc1cnc2ccccc2c1Oc1ccc(Cl)c(F)c1. The number of para-hydroxylation sites is 1. The number of hydrogen-bond acceptors (Lipinski definition) is 3. The Labute approximate surface area is 119 Å². The predicted molar refractivity (Wildman–Crippen MR) is 77.6 cm³/mol. The summed E-state index contributed by atoms with van der Waals surface area (Å²) in [5, 5.41) is 0.813. The highest BCUT2D eigenvalue weighted by atomic mass is 35.5. The molecule has 0 spiro atoms. The average Bonchev–Trinajstić information content (AvgIpc) is 2.46. The molecule has 0 aliphatic heterocycles. The molecule has 100 valence electrons. The van der Waals surface area contributed by atoms with Crippen molar-refractivity contribution in [2.45, 2.75) is 0 Å². The zero-order chi connectivity index (χ0) is 14.1. The van der Waals surface area contributed by atoms with Gasteiger partial charge >= 0.3 is 0 Å². The van der Waals surface area contributed by atoms with Crippen LogP contribution in [-0.4, -0.2) is 4.98 Å². The van der Waals surface area contributed by atoms with E-state index in [2.05, 4.69) is 4.98 Å². The molecule has 2 aromatic carbocycles. The molecule has 3 aromatic rings. The third-order valence-corrected chi connectivity index (χ3v) is 3.17. The smallest absolute Gasteiger partial charge is 0.161 e. The van der Waals surface area contributed by atoms with Gasteiger partial charge in [-0.15, -0.1) is 0 Å². The summed E-state index contributed by atoms with van der Waals surface area (Å²) >= 11 is 5.64. The number of nitrogens with two attached hydrogens (primary N) is 1. The number of nitrogen functional groups attached to an aromatic ring is 1. The normalized spacial score (nSPS) is 10.7. The second-order valence-electron chi connectivity index (χ2n) is 4.24. The van der Waals surface area contributed by atoms with Crippen molar-refractivity contribution in [2.24, 2.45) is 0 Å². The van der Waals surface area contributed by atoms with Crippen LogP contribution in [0.5, 0.6) is 11.5 Å². The highest BCUT2D eigenvalue weighted by Crippen LogP contribution is 2.34. The van der Waals surface area contributed by atoms with E-state index in [9.17, 15) is 4.39 Å². The van der Waals surface area contributed by atoms with Crippen molar-refractivity contribution >= 4 is 28.2 Å². The number of anilines is 1. The number of fused-ring (bicyclic) bond motifs is 1. The molecule has 0 bridgehead atoms. The Morgan fingerprint density at radius 2 is 1.95 bits per heavy atom. The third kappa shape index (κ3) is 2.26. The second-order valence-corrected chi connectivity index (χ2v) is 4.64. The minimum Gasteiger partial charge on any atom is -0.454 e. The standard InChI is InChI=1S/C15H10ClFN2O/c16-11-6-5-9(7-12(11)17)20-15-10-3-1-2-4-14(10)19-8-13(15)18/h1-8H,18H2. The number of rotatable bonds is 2. The first kappa shape index (κ1) is 12.7. The van der Waals surface area contributed by atoms with E-state index < -0.39 is 5.82 Å². The van der Waals surface area contributed by atoms with Gasteiger partial charge in [-0.2, -0.15) is 0 Å². The van der Waals surface area contributed by atoms with Crippen molar-refractivity contribution in [1.29, 1.82) is 0 Å². The quantitative estimate of drug-likeness (QED) is 0.760. The molecule has 0 aliphatic rings. The predicted octanol–water partition coefficient (Wildman–Crippen LogP) is 4.40. The molecule has 0 aliphatic carbocycles. The van der Waals surface area contributed by atoms with Crippen molar-refractivity contribution in [1.82, 2.24) is 4.98 Å². The summed E-state index contributed by atoms with van der Waals surface area (Å²) in [5.74, 6) is 0.244. The Balaban J connectivity index is 2.10. The molecule has 0 saturated carbocycles. The molecule has 3 nitrogen and oxygen atoms in total. The van der Waals surface area contributed by atoms with Crippen LogP contribution in [0.2, 0.25) is 5.02 Å². The molecule has 0 saturated heterocycles. The largest absolute Gasteiger partial charge is 0.454 e. The Morgan fingerprint density at radius 3 is 2.75 bits per heavy atom. The molecule has 0 amide bonds. The molecule has 3 rings (SSSR count). The van der Waals surface area contributed by atoms with Gasteiger partial charge in [-0.05, 0) is 24.3 Å². The Kier molecular flexibility index (Phi) is 3.16. The van der Waals surface area contributed by atoms with Crippen LogP contribution >= 0.6 is 11.6 Å². The number of halogens is 2. The molecule has 1 heterocycles. The number of nitrogens with zero attached hydrogens (tertiary/aromatic N) is 1. The monoisotopic (exact) mass is 288 g/mol. The van der Waals surface area contributed by atoms with Crippen molar-refractivity contribution in [3.63, 3.8) is 0 Å². The van der Waals surface area contributed by atoms with Gasteiger partial charge in [-0.3, -0.25) is 4.98 Å². The van der Waals surface area contributed by atoms with E-state index in [1.807, 2.05) is 24.3 Å². The first-order valence-electron chi connectivity index (χ1n) is 5.91. The van der Waals surface area contributed by atoms with Crippen molar-refractivity contribution in [2.75, 3.05) is 5.73 Å². The lowest BCUT2D eigenvalue weighted by molar-refractivity contribution is 0.484. The maximum Gasteiger partial charge on any atom is 0.161 e. The number of pyridine rings is 1. The second kappa shape index (κ2) is 4.98. The Hall–Kier alpha value is -2.33. The summed E-state index contributed by atoms with van der Waals surface area (Å²) in [6.07, 6.45) is 1.52. The van der Waals surface area contributed by atoms with E-state index in [4.69, 9.17) is 22.1 Å². The van der Waals surface area contributed by atoms with Crippen LogP contribution in [0.1, 0.15) is 0 Å². The summed E-state index contributed by atoms with van der Waals surface area (Å²) in [5.41, 5.74) is 7.04. The number of ether oxygens (including phenoxy) is 1. The summed E-state index contributed by atoms with van der Waals surface area (Å²) in [4.78, 5) is 4.21. The zero-order valence-electron chi connectivity index (χ0n) is 10.3. The average molecular weight is 289 g/mol. The molecule has 20 heavy (non-hydrogen) atoms. The number of hydrogen-bond donors (Lipinski definition) is 1. The topological polar surface area (TPSA) is 48.1 Å². The lowest BCUT2D eigenvalue weighted by Crippen LogP contribution is -1.95. The highest BCUT2D eigenvalue weighted by molar-refractivity contribution is 6.30. The summed E-state index contributed by atoms with van der Waals surface area (Å²) in [7, 11) is 0. The van der Waals surface area contributed by atoms with E-state index in [1.165, 1.54) is 18.3 Å². The third-order valence-electron chi connectivity index (χ3n) is 2.86. The van der Waals surface area contributed by atoms with E-state index in [0.29, 0.717) is 17.2 Å². The van der Waals surface area contributed by atoms with Crippen molar-refractivity contribution in [3.8, 4) is 11.5 Å². The summed E-state index contributed by atoms with van der Waals surface area (Å²) < 4.78 is 19.1. The van der Waals surface area contributed by atoms with Crippen LogP contribution < -0.4 is 10.5 Å². The van der Waals surface area contributed by atoms with Crippen LogP contribution in [0.4, 0.5) is 10.1 Å². The molecule has 5 heteroatoms. The Bertz CT molecular complexity index is 792. The lowest BCUT2D eigenvalue weighted by Gasteiger charge is -2.11. The first-order chi connectivity index (χ1) is 9.65. The highest BCUT2D eigenvalue weighted by Gasteiger charge is 2.10. The van der Waals surface area contributed by atoms with Crippen LogP contribution in [0.15, 0.2) is 48.7 Å². The van der Waals surface area contributed by atoms with Crippen LogP contribution in [0, 0.1) is 5.82 Å². The molecule has 0 atom stereocenters. The van der Waals surface area contributed by atoms with Gasteiger partial charge in [0, 0.05) is 11.5 Å². The minimum atomic E-state index is -0.541. The van der Waals surface area contributed by atoms with Gasteiger partial charge in [-0.1, -0.05) is 23.7 Å². The first-order valence-corrected chi connectivity index (χ1v) is 6.29. The fourth-order valence-electron chi connectivity index (χ4n) is 1.90. The van der Waals surface area contributed by atoms with E-state index in [1.54, 1.807) is 6.07 Å². The number of benzene rings is 2. The van der Waals surface area contributed by atoms with Gasteiger partial charge in [-0.25, -0.2) is 4.39 Å². The van der Waals surface area contributed by atoms with E-state index in [0.717, 1.165) is 10.9 Å². The Morgan fingerprint density at radius 1 is 1.15 bits per heavy atom. The zero-order valence-corrected chi connectivity index (χ0v) is 11.1. The maximum atomic E-state index is 13.4. The maximum absolute atomic E-state index is 13.4. The summed E-state index contributed by atoms with van der Waals surface area (Å²) in [6.45, 7) is 0. The van der Waals surface area contributed by atoms with Crippen LogP contribution in [0.25, 0.3) is 10.9 Å². The number of aromatic nitrogens is 1. The molecule has 2 N–H and O–H groups in total. The van der Waals surface area contributed by atoms with Gasteiger partial charge < -0.3 is 10.5 Å². The van der Waals surface area contributed by atoms with E-state index in [-0.39, 0.29) is 5.02 Å². The molecular formula is C15H10ClFN2O. The van der Waals surface area contributed by atoms with Crippen molar-refractivity contribution < 1.29 is 9.13 Å². The van der Waals surface area contributed by atoms with Gasteiger partial charge in [0.1, 0.15) is 11.6 Å². The fourth-order valence-corrected chi connectivity index (χ4v) is 2.02. The van der Waals surface area contributed by atoms with Gasteiger partial charge in [0.2, 0.25) is 0 Å². The fraction of sp³-hybridized carbons (Fsp3) is 0. The molecule has 0 radical (unpaired) electrons. The lowest BCUT2D eigenvalue weighted by atomic mass is 10.2. The molecule has 0 unspecified atom stereocenters. The molecule has 0 fully saturated rings. The minimum absolute atomic E-state index is 0.0462. The van der Waals surface area contributed by atoms with Crippen LogP contribution in [0.3, 0.4) is 0 Å². The van der Waals surface area contributed by atoms with Gasteiger partial charge in [0.05, 0.1) is 22.4 Å². The van der Waals surface area contributed by atoms with Crippen LogP contribution in [-0.2, 0) is 0 Å². The summed E-state index contributed by atoms with van der Waals surface area (Å²) in [6, 6.07) is 11.7. The van der Waals surface area contributed by atoms with Crippen molar-refractivity contribution in [3.05, 3.63) is 59.5 Å². The molecular weight excluding hydrogens is 279 g/mol. The van der Waals surface area contributed by atoms with Gasteiger partial charge in [0.15, 0.2) is 5.75 Å².